The number of carbonyl (C=O) groups is 1. The van der Waals surface area contributed by atoms with E-state index < -0.39 is 0 Å². The summed E-state index contributed by atoms with van der Waals surface area (Å²) in [6.45, 7) is 4.76. The summed E-state index contributed by atoms with van der Waals surface area (Å²) in [7, 11) is 3.26. The molecule has 1 saturated heterocycles. The van der Waals surface area contributed by atoms with Crippen molar-refractivity contribution in [3.05, 3.63) is 23.2 Å². The average molecular weight is 328 g/mol. The van der Waals surface area contributed by atoms with Crippen LogP contribution in [0, 0.1) is 0 Å². The van der Waals surface area contributed by atoms with E-state index in [1.807, 2.05) is 0 Å². The topological polar surface area (TPSA) is 54.0 Å². The molecular weight excluding hydrogens is 306 g/mol. The lowest BCUT2D eigenvalue weighted by Crippen LogP contribution is -2.50. The number of hydrogen-bond donors (Lipinski definition) is 1. The molecule has 122 valence electrons. The second kappa shape index (κ2) is 8.22. The smallest absolute Gasteiger partial charge is 0.321 e. The van der Waals surface area contributed by atoms with Gasteiger partial charge in [-0.2, -0.15) is 0 Å². The molecule has 1 aliphatic rings. The molecular formula is C15H22ClN3O3. The van der Waals surface area contributed by atoms with Crippen molar-refractivity contribution in [3.8, 4) is 5.75 Å². The van der Waals surface area contributed by atoms with Crippen molar-refractivity contribution in [2.75, 3.05) is 58.9 Å². The predicted octanol–water partition coefficient (Wildman–Crippen LogP) is 2.14. The Morgan fingerprint density at radius 2 is 2.00 bits per heavy atom. The van der Waals surface area contributed by atoms with E-state index in [2.05, 4.69) is 10.2 Å². The van der Waals surface area contributed by atoms with Crippen molar-refractivity contribution in [2.24, 2.45) is 0 Å². The Morgan fingerprint density at radius 1 is 1.27 bits per heavy atom. The van der Waals surface area contributed by atoms with E-state index in [0.29, 0.717) is 29.5 Å². The van der Waals surface area contributed by atoms with Crippen molar-refractivity contribution in [1.29, 1.82) is 0 Å². The summed E-state index contributed by atoms with van der Waals surface area (Å²) in [5.41, 5.74) is 0.664. The van der Waals surface area contributed by atoms with Crippen LogP contribution in [0.4, 0.5) is 10.5 Å². The number of halogens is 1. The Balaban J connectivity index is 1.84. The van der Waals surface area contributed by atoms with Crippen LogP contribution >= 0.6 is 11.6 Å². The molecule has 1 heterocycles. The van der Waals surface area contributed by atoms with Gasteiger partial charge in [0.1, 0.15) is 5.75 Å². The highest BCUT2D eigenvalue weighted by Crippen LogP contribution is 2.27. The highest BCUT2D eigenvalue weighted by Gasteiger charge is 2.20. The normalized spacial score (nSPS) is 15.7. The van der Waals surface area contributed by atoms with Crippen LogP contribution in [0.3, 0.4) is 0 Å². The molecule has 1 aromatic carbocycles. The second-order valence-electron chi connectivity index (χ2n) is 5.10. The van der Waals surface area contributed by atoms with Crippen LogP contribution in [-0.2, 0) is 4.74 Å². The molecule has 0 aromatic heterocycles. The quantitative estimate of drug-likeness (QED) is 0.900. The van der Waals surface area contributed by atoms with Gasteiger partial charge in [0.05, 0.1) is 18.7 Å². The van der Waals surface area contributed by atoms with E-state index >= 15 is 0 Å². The number of nitrogens with zero attached hydrogens (tertiary/aromatic N) is 2. The van der Waals surface area contributed by atoms with E-state index in [9.17, 15) is 4.79 Å². The zero-order valence-electron chi connectivity index (χ0n) is 13.0. The zero-order chi connectivity index (χ0) is 15.9. The molecule has 2 rings (SSSR count). The van der Waals surface area contributed by atoms with Gasteiger partial charge in [-0.15, -0.1) is 0 Å². The van der Waals surface area contributed by atoms with Crippen LogP contribution in [-0.4, -0.2) is 69.4 Å². The number of anilines is 1. The monoisotopic (exact) mass is 327 g/mol. The van der Waals surface area contributed by atoms with E-state index in [-0.39, 0.29) is 6.03 Å². The van der Waals surface area contributed by atoms with Crippen molar-refractivity contribution in [2.45, 2.75) is 0 Å². The van der Waals surface area contributed by atoms with Gasteiger partial charge in [0.2, 0.25) is 0 Å². The molecule has 0 aliphatic carbocycles. The van der Waals surface area contributed by atoms with Gasteiger partial charge in [-0.05, 0) is 18.2 Å². The summed E-state index contributed by atoms with van der Waals surface area (Å²) >= 11 is 6.06. The third kappa shape index (κ3) is 4.50. The molecule has 7 heteroatoms. The number of methoxy groups -OCH3 is 2. The maximum absolute atomic E-state index is 12.3. The predicted molar refractivity (Wildman–Crippen MR) is 86.9 cm³/mol. The number of ether oxygens (including phenoxy) is 2. The Morgan fingerprint density at radius 3 is 2.59 bits per heavy atom. The number of rotatable bonds is 5. The van der Waals surface area contributed by atoms with Crippen molar-refractivity contribution < 1.29 is 14.3 Å². The molecule has 1 aliphatic heterocycles. The summed E-state index contributed by atoms with van der Waals surface area (Å²) in [6.07, 6.45) is 0. The summed E-state index contributed by atoms with van der Waals surface area (Å²) < 4.78 is 10.2. The maximum atomic E-state index is 12.3. The van der Waals surface area contributed by atoms with E-state index in [1.54, 1.807) is 37.3 Å². The summed E-state index contributed by atoms with van der Waals surface area (Å²) in [5.74, 6) is 0.589. The van der Waals surface area contributed by atoms with Crippen molar-refractivity contribution in [1.82, 2.24) is 9.80 Å². The molecule has 0 bridgehead atoms. The minimum absolute atomic E-state index is 0.104. The first kappa shape index (κ1) is 16.9. The number of amides is 2. The largest absolute Gasteiger partial charge is 0.495 e. The molecule has 0 radical (unpaired) electrons. The minimum Gasteiger partial charge on any atom is -0.495 e. The molecule has 0 saturated carbocycles. The van der Waals surface area contributed by atoms with Crippen LogP contribution in [0.15, 0.2) is 18.2 Å². The number of nitrogens with one attached hydrogen (secondary N) is 1. The first-order chi connectivity index (χ1) is 10.6. The van der Waals surface area contributed by atoms with Crippen LogP contribution in [0.5, 0.6) is 5.75 Å². The lowest BCUT2D eigenvalue weighted by molar-refractivity contribution is 0.109. The van der Waals surface area contributed by atoms with E-state index in [0.717, 1.165) is 26.2 Å². The van der Waals surface area contributed by atoms with E-state index in [4.69, 9.17) is 21.1 Å². The average Bonchev–Trinajstić information content (AvgIpc) is 2.53. The Bertz CT molecular complexity index is 505. The Labute approximate surface area is 135 Å². The molecule has 22 heavy (non-hydrogen) atoms. The lowest BCUT2D eigenvalue weighted by atomic mass is 10.3. The molecule has 1 fully saturated rings. The van der Waals surface area contributed by atoms with Gasteiger partial charge >= 0.3 is 6.03 Å². The van der Waals surface area contributed by atoms with Gasteiger partial charge in [-0.1, -0.05) is 11.6 Å². The van der Waals surface area contributed by atoms with Crippen LogP contribution in [0.1, 0.15) is 0 Å². The maximum Gasteiger partial charge on any atom is 0.321 e. The second-order valence-corrected chi connectivity index (χ2v) is 5.51. The lowest BCUT2D eigenvalue weighted by Gasteiger charge is -2.34. The van der Waals surface area contributed by atoms with E-state index in [1.165, 1.54) is 0 Å². The number of carbonyl (C=O) groups excluding carboxylic acids is 1. The fourth-order valence-electron chi connectivity index (χ4n) is 2.34. The van der Waals surface area contributed by atoms with Gasteiger partial charge in [0, 0.05) is 45.5 Å². The fourth-order valence-corrected chi connectivity index (χ4v) is 2.60. The molecule has 2 amide bonds. The number of benzene rings is 1. The fraction of sp³-hybridized carbons (Fsp3) is 0.533. The Kier molecular flexibility index (Phi) is 6.30. The summed E-state index contributed by atoms with van der Waals surface area (Å²) in [6, 6.07) is 5.10. The standard InChI is InChI=1S/C15H22ClN3O3/c1-21-10-9-18-5-7-19(8-6-18)15(20)17-12-3-4-14(22-2)13(16)11-12/h3-4,11H,5-10H2,1-2H3,(H,17,20). The molecule has 1 N–H and O–H groups in total. The number of urea groups is 1. The van der Waals surface area contributed by atoms with Gasteiger partial charge in [-0.25, -0.2) is 4.79 Å². The van der Waals surface area contributed by atoms with Gasteiger partial charge in [0.15, 0.2) is 0 Å². The third-order valence-electron chi connectivity index (χ3n) is 3.67. The summed E-state index contributed by atoms with van der Waals surface area (Å²) in [4.78, 5) is 16.3. The van der Waals surface area contributed by atoms with Crippen LogP contribution in [0.2, 0.25) is 5.02 Å². The van der Waals surface area contributed by atoms with Gasteiger partial charge in [0.25, 0.3) is 0 Å². The Hall–Kier alpha value is -1.50. The first-order valence-electron chi connectivity index (χ1n) is 7.25. The van der Waals surface area contributed by atoms with Crippen molar-refractivity contribution in [3.63, 3.8) is 0 Å². The molecule has 6 nitrogen and oxygen atoms in total. The molecule has 0 unspecified atom stereocenters. The number of piperazine rings is 1. The highest BCUT2D eigenvalue weighted by molar-refractivity contribution is 6.32. The molecule has 0 spiro atoms. The zero-order valence-corrected chi connectivity index (χ0v) is 13.7. The van der Waals surface area contributed by atoms with Gasteiger partial charge < -0.3 is 19.7 Å². The van der Waals surface area contributed by atoms with Crippen LogP contribution in [0.25, 0.3) is 0 Å². The molecule has 0 atom stereocenters. The third-order valence-corrected chi connectivity index (χ3v) is 3.97. The van der Waals surface area contributed by atoms with Crippen LogP contribution < -0.4 is 10.1 Å². The first-order valence-corrected chi connectivity index (χ1v) is 7.62. The SMILES string of the molecule is COCCN1CCN(C(=O)Nc2ccc(OC)c(Cl)c2)CC1. The van der Waals surface area contributed by atoms with Gasteiger partial charge in [-0.3, -0.25) is 4.90 Å². The highest BCUT2D eigenvalue weighted by atomic mass is 35.5. The molecule has 1 aromatic rings. The minimum atomic E-state index is -0.104. The number of hydrogen-bond acceptors (Lipinski definition) is 4. The summed E-state index contributed by atoms with van der Waals surface area (Å²) in [5, 5.41) is 3.34. The van der Waals surface area contributed by atoms with Crippen molar-refractivity contribution >= 4 is 23.3 Å².